The van der Waals surface area contributed by atoms with Crippen LogP contribution in [0, 0.1) is 17.3 Å². The van der Waals surface area contributed by atoms with E-state index in [1.165, 1.54) is 16.3 Å². The van der Waals surface area contributed by atoms with Crippen molar-refractivity contribution in [2.45, 2.75) is 24.4 Å². The van der Waals surface area contributed by atoms with Crippen molar-refractivity contribution in [3.05, 3.63) is 70.0 Å². The monoisotopic (exact) mass is 500 g/mol. The number of amides is 2. The highest BCUT2D eigenvalue weighted by atomic mass is 32.2. The Balaban J connectivity index is 1.24. The first-order valence-electron chi connectivity index (χ1n) is 12.1. The summed E-state index contributed by atoms with van der Waals surface area (Å²) < 4.78 is 1.53. The summed E-state index contributed by atoms with van der Waals surface area (Å²) in [5.74, 6) is 5.54. The first-order valence-corrected chi connectivity index (χ1v) is 13.3. The van der Waals surface area contributed by atoms with E-state index in [1.54, 1.807) is 25.2 Å². The van der Waals surface area contributed by atoms with Crippen molar-refractivity contribution in [1.82, 2.24) is 19.4 Å². The van der Waals surface area contributed by atoms with Crippen molar-refractivity contribution in [3.63, 3.8) is 0 Å². The fourth-order valence-electron chi connectivity index (χ4n) is 5.18. The molecule has 0 unspecified atom stereocenters. The van der Waals surface area contributed by atoms with Gasteiger partial charge in [-0.05, 0) is 61.3 Å². The molecule has 0 radical (unpaired) electrons. The molecule has 1 spiro atoms. The maximum absolute atomic E-state index is 13.3. The molecule has 3 aromatic rings. The van der Waals surface area contributed by atoms with Crippen molar-refractivity contribution in [3.8, 4) is 11.8 Å². The Bertz CT molecular complexity index is 1450. The zero-order valence-electron chi connectivity index (χ0n) is 20.5. The molecule has 0 atom stereocenters. The first kappa shape index (κ1) is 24.1. The van der Waals surface area contributed by atoms with Crippen molar-refractivity contribution in [2.24, 2.45) is 12.5 Å². The summed E-state index contributed by atoms with van der Waals surface area (Å²) in [6, 6.07) is 14.7. The number of carbonyl (C=O) groups excluding carboxylic acids is 2. The van der Waals surface area contributed by atoms with Gasteiger partial charge in [0.15, 0.2) is 5.16 Å². The van der Waals surface area contributed by atoms with Crippen LogP contribution < -0.4 is 5.56 Å². The highest BCUT2D eigenvalue weighted by molar-refractivity contribution is 7.98. The minimum atomic E-state index is -0.140. The molecule has 184 valence electrons. The number of hydrogen-bond acceptors (Lipinski definition) is 5. The molecule has 0 N–H and O–H groups in total. The van der Waals surface area contributed by atoms with Crippen LogP contribution in [0.15, 0.2) is 58.5 Å². The second-order valence-electron chi connectivity index (χ2n) is 9.58. The van der Waals surface area contributed by atoms with Crippen molar-refractivity contribution in [1.29, 1.82) is 0 Å². The van der Waals surface area contributed by atoms with E-state index in [0.29, 0.717) is 47.8 Å². The third kappa shape index (κ3) is 4.63. The summed E-state index contributed by atoms with van der Waals surface area (Å²) in [5.41, 5.74) is 1.86. The summed E-state index contributed by atoms with van der Waals surface area (Å²) in [5, 5.41) is 1.13. The number of rotatable bonds is 2. The van der Waals surface area contributed by atoms with Gasteiger partial charge in [0.2, 0.25) is 0 Å². The maximum atomic E-state index is 13.3. The number of fused-ring (bicyclic) bond motifs is 1. The van der Waals surface area contributed by atoms with Gasteiger partial charge in [-0.25, -0.2) is 4.98 Å². The number of likely N-dealkylation sites (tertiary alicyclic amines) is 2. The summed E-state index contributed by atoms with van der Waals surface area (Å²) in [4.78, 5) is 46.8. The smallest absolute Gasteiger partial charge is 0.298 e. The molecule has 2 aliphatic heterocycles. The topological polar surface area (TPSA) is 75.5 Å². The van der Waals surface area contributed by atoms with Crippen LogP contribution in [-0.4, -0.2) is 63.6 Å². The Labute approximate surface area is 214 Å². The highest BCUT2D eigenvalue weighted by Crippen LogP contribution is 2.40. The largest absolute Gasteiger partial charge is 0.338 e. The number of piperidine rings is 1. The number of thioether (sulfide) groups is 1. The molecular formula is C28H28N4O3S. The van der Waals surface area contributed by atoms with Gasteiger partial charge in [-0.3, -0.25) is 19.0 Å². The molecule has 0 bridgehead atoms. The molecule has 2 aliphatic rings. The molecular weight excluding hydrogens is 472 g/mol. The Kier molecular flexibility index (Phi) is 6.59. The van der Waals surface area contributed by atoms with Gasteiger partial charge in [-0.2, -0.15) is 0 Å². The first-order chi connectivity index (χ1) is 17.4. The van der Waals surface area contributed by atoms with E-state index in [9.17, 15) is 14.4 Å². The van der Waals surface area contributed by atoms with E-state index >= 15 is 0 Å². The van der Waals surface area contributed by atoms with Crippen LogP contribution >= 0.6 is 11.8 Å². The van der Waals surface area contributed by atoms with Crippen LogP contribution in [0.4, 0.5) is 0 Å². The van der Waals surface area contributed by atoms with Gasteiger partial charge in [-0.1, -0.05) is 35.9 Å². The fourth-order valence-corrected chi connectivity index (χ4v) is 5.72. The molecule has 36 heavy (non-hydrogen) atoms. The lowest BCUT2D eigenvalue weighted by Crippen LogP contribution is -2.44. The van der Waals surface area contributed by atoms with Gasteiger partial charge >= 0.3 is 0 Å². The lowest BCUT2D eigenvalue weighted by atomic mass is 9.78. The molecule has 3 heterocycles. The second kappa shape index (κ2) is 9.82. The minimum absolute atomic E-state index is 0.0332. The third-order valence-electron chi connectivity index (χ3n) is 7.39. The predicted octanol–water partition coefficient (Wildman–Crippen LogP) is 3.16. The summed E-state index contributed by atoms with van der Waals surface area (Å²) in [6.07, 6.45) is 4.53. The Morgan fingerprint density at radius 1 is 1.00 bits per heavy atom. The molecule has 2 fully saturated rings. The molecule has 8 heteroatoms. The van der Waals surface area contributed by atoms with Gasteiger partial charge in [-0.15, -0.1) is 0 Å². The van der Waals surface area contributed by atoms with Crippen molar-refractivity contribution < 1.29 is 9.59 Å². The number of aromatic nitrogens is 2. The van der Waals surface area contributed by atoms with Crippen LogP contribution in [0.2, 0.25) is 0 Å². The number of carbonyl (C=O) groups is 2. The fraction of sp³-hybridized carbons (Fsp3) is 0.357. The SMILES string of the molecule is CSc1nc2cc(C(=O)N3CCC4(CCN(C(=O)C#Cc5ccccc5)CC4)C3)ccc2c(=O)n1C. The summed E-state index contributed by atoms with van der Waals surface area (Å²) in [7, 11) is 1.71. The van der Waals surface area contributed by atoms with E-state index in [0.717, 1.165) is 24.8 Å². The molecule has 7 nitrogen and oxygen atoms in total. The predicted molar refractivity (Wildman–Crippen MR) is 141 cm³/mol. The summed E-state index contributed by atoms with van der Waals surface area (Å²) in [6.45, 7) is 2.69. The molecule has 1 aromatic heterocycles. The Morgan fingerprint density at radius 2 is 1.69 bits per heavy atom. The van der Waals surface area contributed by atoms with Crippen LogP contribution in [0.5, 0.6) is 0 Å². The standard InChI is InChI=1S/C28H28N4O3S/c1-30-26(35)22-10-9-21(18-23(22)29-27(30)36-2)25(34)32-17-14-28(19-32)12-15-31(16-13-28)24(33)11-8-20-6-4-3-5-7-20/h3-7,9-10,18H,12-17,19H2,1-2H3. The normalized spacial score (nSPS) is 16.7. The van der Waals surface area contributed by atoms with E-state index in [-0.39, 0.29) is 22.8 Å². The van der Waals surface area contributed by atoms with E-state index < -0.39 is 0 Å². The van der Waals surface area contributed by atoms with Crippen LogP contribution in [0.3, 0.4) is 0 Å². The van der Waals surface area contributed by atoms with Gasteiger partial charge in [0.1, 0.15) is 0 Å². The molecule has 2 amide bonds. The van der Waals surface area contributed by atoms with Gasteiger partial charge in [0.25, 0.3) is 17.4 Å². The average molecular weight is 501 g/mol. The van der Waals surface area contributed by atoms with Crippen LogP contribution in [0.1, 0.15) is 35.2 Å². The number of benzene rings is 2. The molecule has 2 saturated heterocycles. The molecule has 5 rings (SSSR count). The minimum Gasteiger partial charge on any atom is -0.338 e. The van der Waals surface area contributed by atoms with Crippen LogP contribution in [-0.2, 0) is 11.8 Å². The van der Waals surface area contributed by atoms with E-state index in [4.69, 9.17) is 0 Å². The zero-order chi connectivity index (χ0) is 25.3. The maximum Gasteiger partial charge on any atom is 0.298 e. The van der Waals surface area contributed by atoms with Crippen molar-refractivity contribution in [2.75, 3.05) is 32.4 Å². The molecule has 0 saturated carbocycles. The quantitative estimate of drug-likeness (QED) is 0.307. The van der Waals surface area contributed by atoms with Gasteiger partial charge < -0.3 is 9.80 Å². The molecule has 2 aromatic carbocycles. The van der Waals surface area contributed by atoms with E-state index in [2.05, 4.69) is 16.8 Å². The van der Waals surface area contributed by atoms with Crippen molar-refractivity contribution >= 4 is 34.5 Å². The van der Waals surface area contributed by atoms with E-state index in [1.807, 2.05) is 46.4 Å². The van der Waals surface area contributed by atoms with Crippen LogP contribution in [0.25, 0.3) is 10.9 Å². The number of nitrogens with zero attached hydrogens (tertiary/aromatic N) is 4. The molecule has 0 aliphatic carbocycles. The Morgan fingerprint density at radius 3 is 2.39 bits per heavy atom. The van der Waals surface area contributed by atoms with Gasteiger partial charge in [0, 0.05) is 50.3 Å². The lowest BCUT2D eigenvalue weighted by molar-refractivity contribution is -0.127. The summed E-state index contributed by atoms with van der Waals surface area (Å²) >= 11 is 1.40. The Hall–Kier alpha value is -3.57. The second-order valence-corrected chi connectivity index (χ2v) is 10.4. The average Bonchev–Trinajstić information content (AvgIpc) is 3.32. The number of hydrogen-bond donors (Lipinski definition) is 0. The highest BCUT2D eigenvalue weighted by Gasteiger charge is 2.42. The lowest BCUT2D eigenvalue weighted by Gasteiger charge is -2.38. The zero-order valence-corrected chi connectivity index (χ0v) is 21.3. The third-order valence-corrected chi connectivity index (χ3v) is 8.12. The van der Waals surface area contributed by atoms with Gasteiger partial charge in [0.05, 0.1) is 10.9 Å².